The van der Waals surface area contributed by atoms with Crippen LogP contribution in [0.4, 0.5) is 0 Å². The first-order valence-corrected chi connectivity index (χ1v) is 6.66. The lowest BCUT2D eigenvalue weighted by atomic mass is 10.1. The summed E-state index contributed by atoms with van der Waals surface area (Å²) in [4.78, 5) is 14.3. The molecule has 3 heteroatoms. The monoisotopic (exact) mass is 248 g/mol. The van der Waals surface area contributed by atoms with Gasteiger partial charge in [0.2, 0.25) is 0 Å². The summed E-state index contributed by atoms with van der Waals surface area (Å²) in [6.45, 7) is 8.10. The van der Waals surface area contributed by atoms with Gasteiger partial charge in [-0.15, -0.1) is 0 Å². The van der Waals surface area contributed by atoms with Gasteiger partial charge in [-0.05, 0) is 32.4 Å². The smallest absolute Gasteiger partial charge is 0.253 e. The Morgan fingerprint density at radius 1 is 1.17 bits per heavy atom. The molecule has 0 bridgehead atoms. The second kappa shape index (κ2) is 7.17. The molecule has 0 unspecified atom stereocenters. The molecule has 100 valence electrons. The van der Waals surface area contributed by atoms with Crippen molar-refractivity contribution in [1.82, 2.24) is 4.90 Å². The summed E-state index contributed by atoms with van der Waals surface area (Å²) in [6.07, 6.45) is 2.11. The zero-order valence-electron chi connectivity index (χ0n) is 11.7. The minimum Gasteiger partial charge on any atom is -0.337 e. The van der Waals surface area contributed by atoms with Gasteiger partial charge in [0.15, 0.2) is 0 Å². The number of hydrogen-bond acceptors (Lipinski definition) is 2. The molecular weight excluding hydrogens is 224 g/mol. The first-order chi connectivity index (χ1) is 8.58. The number of rotatable bonds is 6. The topological polar surface area (TPSA) is 46.3 Å². The normalized spacial score (nSPS) is 10.4. The molecule has 0 spiro atoms. The fourth-order valence-electron chi connectivity index (χ4n) is 2.10. The lowest BCUT2D eigenvalue weighted by Gasteiger charge is -2.22. The number of nitrogens with two attached hydrogens (primary N) is 1. The van der Waals surface area contributed by atoms with Crippen molar-refractivity contribution in [2.45, 2.75) is 33.6 Å². The van der Waals surface area contributed by atoms with Crippen molar-refractivity contribution < 1.29 is 4.79 Å². The molecule has 1 aromatic carbocycles. The predicted octanol–water partition coefficient (Wildman–Crippen LogP) is 2.50. The molecule has 0 fully saturated rings. The lowest BCUT2D eigenvalue weighted by Crippen LogP contribution is -2.36. The Hall–Kier alpha value is -1.35. The van der Waals surface area contributed by atoms with Crippen LogP contribution >= 0.6 is 0 Å². The first-order valence-electron chi connectivity index (χ1n) is 6.66. The third-order valence-electron chi connectivity index (χ3n) is 2.94. The highest BCUT2D eigenvalue weighted by atomic mass is 16.2. The van der Waals surface area contributed by atoms with Crippen molar-refractivity contribution in [3.05, 3.63) is 34.9 Å². The van der Waals surface area contributed by atoms with E-state index in [1.54, 1.807) is 0 Å². The molecule has 18 heavy (non-hydrogen) atoms. The molecule has 0 atom stereocenters. The van der Waals surface area contributed by atoms with Crippen LogP contribution < -0.4 is 5.73 Å². The van der Waals surface area contributed by atoms with Gasteiger partial charge in [0.25, 0.3) is 5.91 Å². The van der Waals surface area contributed by atoms with E-state index in [1.807, 2.05) is 30.9 Å². The molecule has 1 aromatic rings. The molecule has 0 aliphatic heterocycles. The molecule has 0 aromatic heterocycles. The average molecular weight is 248 g/mol. The second-order valence-corrected chi connectivity index (χ2v) is 4.81. The van der Waals surface area contributed by atoms with E-state index in [2.05, 4.69) is 13.0 Å². The molecule has 0 heterocycles. The maximum absolute atomic E-state index is 12.4. The summed E-state index contributed by atoms with van der Waals surface area (Å²) in [6, 6.07) is 5.98. The van der Waals surface area contributed by atoms with Gasteiger partial charge >= 0.3 is 0 Å². The zero-order valence-corrected chi connectivity index (χ0v) is 11.7. The Kier molecular flexibility index (Phi) is 5.86. The van der Waals surface area contributed by atoms with Crippen LogP contribution in [0.2, 0.25) is 0 Å². The van der Waals surface area contributed by atoms with E-state index in [9.17, 15) is 4.79 Å². The predicted molar refractivity (Wildman–Crippen MR) is 75.8 cm³/mol. The van der Waals surface area contributed by atoms with Gasteiger partial charge in [0, 0.05) is 25.2 Å². The Labute approximate surface area is 110 Å². The molecule has 0 saturated heterocycles. The van der Waals surface area contributed by atoms with Gasteiger partial charge in [-0.1, -0.05) is 30.5 Å². The highest BCUT2D eigenvalue weighted by Crippen LogP contribution is 2.12. The zero-order chi connectivity index (χ0) is 13.5. The van der Waals surface area contributed by atoms with Crippen LogP contribution in [0.5, 0.6) is 0 Å². The third kappa shape index (κ3) is 4.15. The Morgan fingerprint density at radius 3 is 2.28 bits per heavy atom. The van der Waals surface area contributed by atoms with Gasteiger partial charge in [0.1, 0.15) is 0 Å². The van der Waals surface area contributed by atoms with Gasteiger partial charge < -0.3 is 10.6 Å². The maximum Gasteiger partial charge on any atom is 0.253 e. The number of carbonyl (C=O) groups is 1. The molecule has 0 radical (unpaired) electrons. The standard InChI is InChI=1S/C15H24N2O/c1-4-5-7-17(8-6-16)15(18)14-10-12(2)9-13(3)11-14/h9-11H,4-8,16H2,1-3H3. The highest BCUT2D eigenvalue weighted by Gasteiger charge is 2.14. The summed E-state index contributed by atoms with van der Waals surface area (Å²) >= 11 is 0. The van der Waals surface area contributed by atoms with Gasteiger partial charge in [-0.3, -0.25) is 4.79 Å². The van der Waals surface area contributed by atoms with Crippen molar-refractivity contribution in [2.75, 3.05) is 19.6 Å². The maximum atomic E-state index is 12.4. The van der Waals surface area contributed by atoms with E-state index in [0.29, 0.717) is 13.1 Å². The Balaban J connectivity index is 2.86. The van der Waals surface area contributed by atoms with Crippen molar-refractivity contribution in [2.24, 2.45) is 5.73 Å². The van der Waals surface area contributed by atoms with Crippen molar-refractivity contribution >= 4 is 5.91 Å². The highest BCUT2D eigenvalue weighted by molar-refractivity contribution is 5.94. The molecule has 1 amide bonds. The average Bonchev–Trinajstić information content (AvgIpc) is 2.32. The van der Waals surface area contributed by atoms with E-state index in [-0.39, 0.29) is 5.91 Å². The minimum absolute atomic E-state index is 0.0979. The first kappa shape index (κ1) is 14.7. The minimum atomic E-state index is 0.0979. The number of hydrogen-bond donors (Lipinski definition) is 1. The Morgan fingerprint density at radius 2 is 1.78 bits per heavy atom. The van der Waals surface area contributed by atoms with E-state index in [1.165, 1.54) is 0 Å². The van der Waals surface area contributed by atoms with Crippen molar-refractivity contribution in [3.63, 3.8) is 0 Å². The second-order valence-electron chi connectivity index (χ2n) is 4.81. The molecular formula is C15H24N2O. The number of unbranched alkanes of at least 4 members (excludes halogenated alkanes) is 1. The fraction of sp³-hybridized carbons (Fsp3) is 0.533. The number of carbonyl (C=O) groups excluding carboxylic acids is 1. The molecule has 0 saturated carbocycles. The van der Waals surface area contributed by atoms with Crippen LogP contribution in [0.25, 0.3) is 0 Å². The van der Waals surface area contributed by atoms with Gasteiger partial charge in [-0.25, -0.2) is 0 Å². The van der Waals surface area contributed by atoms with E-state index < -0.39 is 0 Å². The summed E-state index contributed by atoms with van der Waals surface area (Å²) in [5.74, 6) is 0.0979. The van der Waals surface area contributed by atoms with Gasteiger partial charge in [-0.2, -0.15) is 0 Å². The summed E-state index contributed by atoms with van der Waals surface area (Å²) in [5, 5.41) is 0. The van der Waals surface area contributed by atoms with Crippen molar-refractivity contribution in [1.29, 1.82) is 0 Å². The van der Waals surface area contributed by atoms with Crippen LogP contribution in [-0.4, -0.2) is 30.4 Å². The van der Waals surface area contributed by atoms with Crippen molar-refractivity contribution in [3.8, 4) is 0 Å². The SMILES string of the molecule is CCCCN(CCN)C(=O)c1cc(C)cc(C)c1. The quantitative estimate of drug-likeness (QED) is 0.840. The molecule has 1 rings (SSSR count). The van der Waals surface area contributed by atoms with E-state index in [4.69, 9.17) is 5.73 Å². The van der Waals surface area contributed by atoms with Crippen LogP contribution in [0.15, 0.2) is 18.2 Å². The summed E-state index contributed by atoms with van der Waals surface area (Å²) in [5.41, 5.74) is 8.61. The number of nitrogens with zero attached hydrogens (tertiary/aromatic N) is 1. The lowest BCUT2D eigenvalue weighted by molar-refractivity contribution is 0.0758. The molecule has 0 aliphatic rings. The number of amides is 1. The fourth-order valence-corrected chi connectivity index (χ4v) is 2.10. The molecule has 0 aliphatic carbocycles. The Bertz CT molecular complexity index is 381. The summed E-state index contributed by atoms with van der Waals surface area (Å²) < 4.78 is 0. The number of benzene rings is 1. The van der Waals surface area contributed by atoms with Gasteiger partial charge in [0.05, 0.1) is 0 Å². The number of aryl methyl sites for hydroxylation is 2. The van der Waals surface area contributed by atoms with Crippen LogP contribution in [0.1, 0.15) is 41.3 Å². The van der Waals surface area contributed by atoms with Crippen LogP contribution in [0, 0.1) is 13.8 Å². The molecule has 2 N–H and O–H groups in total. The summed E-state index contributed by atoms with van der Waals surface area (Å²) in [7, 11) is 0. The van der Waals surface area contributed by atoms with Crippen LogP contribution in [0.3, 0.4) is 0 Å². The third-order valence-corrected chi connectivity index (χ3v) is 2.94. The van der Waals surface area contributed by atoms with E-state index in [0.717, 1.165) is 36.1 Å². The van der Waals surface area contributed by atoms with E-state index >= 15 is 0 Å². The molecule has 3 nitrogen and oxygen atoms in total. The largest absolute Gasteiger partial charge is 0.337 e. The van der Waals surface area contributed by atoms with Crippen LogP contribution in [-0.2, 0) is 0 Å².